The maximum atomic E-state index is 10.8. The molecule has 3 nitrogen and oxygen atoms in total. The van der Waals surface area contributed by atoms with Crippen molar-refractivity contribution in [3.8, 4) is 0 Å². The molecule has 0 saturated carbocycles. The van der Waals surface area contributed by atoms with E-state index in [1.807, 2.05) is 26.0 Å². The Balaban J connectivity index is 2.68. The highest BCUT2D eigenvalue weighted by atomic mass is 79.9. The van der Waals surface area contributed by atoms with Gasteiger partial charge in [-0.15, -0.1) is 0 Å². The summed E-state index contributed by atoms with van der Waals surface area (Å²) in [5.74, 6) is 0.303. The molecule has 0 aliphatic carbocycles. The summed E-state index contributed by atoms with van der Waals surface area (Å²) in [6.45, 7) is 5.84. The Labute approximate surface area is 110 Å². The van der Waals surface area contributed by atoms with Crippen molar-refractivity contribution in [1.29, 1.82) is 0 Å². The van der Waals surface area contributed by atoms with Crippen LogP contribution in [0.5, 0.6) is 0 Å². The zero-order valence-electron chi connectivity index (χ0n) is 10.4. The summed E-state index contributed by atoms with van der Waals surface area (Å²) in [6, 6.07) is 8.14. The highest BCUT2D eigenvalue weighted by Crippen LogP contribution is 2.28. The molecule has 4 heteroatoms. The first-order chi connectivity index (χ1) is 7.80. The van der Waals surface area contributed by atoms with E-state index in [1.54, 1.807) is 0 Å². The average Bonchev–Trinajstić information content (AvgIpc) is 2.15. The number of nitrogens with two attached hydrogens (primary N) is 1. The second-order valence-electron chi connectivity index (χ2n) is 4.84. The summed E-state index contributed by atoms with van der Waals surface area (Å²) in [4.78, 5) is 10.8. The van der Waals surface area contributed by atoms with E-state index in [2.05, 4.69) is 35.0 Å². The molecule has 0 aliphatic rings. The van der Waals surface area contributed by atoms with Gasteiger partial charge in [0.05, 0.1) is 0 Å². The summed E-state index contributed by atoms with van der Waals surface area (Å²) in [6.07, 6.45) is 0.00963. The normalized spacial score (nSPS) is 13.2. The number of hydrogen-bond acceptors (Lipinski definition) is 2. The second-order valence-corrected chi connectivity index (χ2v) is 5.75. The van der Waals surface area contributed by atoms with Crippen molar-refractivity contribution < 1.29 is 9.53 Å². The van der Waals surface area contributed by atoms with Gasteiger partial charge in [0.1, 0.15) is 5.60 Å². The quantitative estimate of drug-likeness (QED) is 0.919. The zero-order valence-corrected chi connectivity index (χ0v) is 12.0. The molecule has 17 heavy (non-hydrogen) atoms. The van der Waals surface area contributed by atoms with E-state index in [-0.39, 0.29) is 0 Å². The smallest absolute Gasteiger partial charge is 0.405 e. The maximum Gasteiger partial charge on any atom is 0.405 e. The van der Waals surface area contributed by atoms with Gasteiger partial charge in [0, 0.05) is 4.47 Å². The lowest BCUT2D eigenvalue weighted by Gasteiger charge is -2.27. The molecule has 0 spiro atoms. The van der Waals surface area contributed by atoms with Crippen LogP contribution in [-0.4, -0.2) is 11.7 Å². The molecule has 0 aromatic heterocycles. The minimum absolute atomic E-state index is 0.303. The zero-order chi connectivity index (χ0) is 13.1. The molecule has 1 rings (SSSR count). The van der Waals surface area contributed by atoms with Crippen LogP contribution in [0.4, 0.5) is 4.79 Å². The van der Waals surface area contributed by atoms with Gasteiger partial charge in [-0.1, -0.05) is 35.0 Å². The lowest BCUT2D eigenvalue weighted by Crippen LogP contribution is -2.32. The molecule has 2 N–H and O–H groups in total. The highest BCUT2D eigenvalue weighted by molar-refractivity contribution is 9.10. The van der Waals surface area contributed by atoms with Crippen molar-refractivity contribution in [3.63, 3.8) is 0 Å². The van der Waals surface area contributed by atoms with Crippen molar-refractivity contribution in [3.05, 3.63) is 34.3 Å². The van der Waals surface area contributed by atoms with Gasteiger partial charge >= 0.3 is 6.09 Å². The van der Waals surface area contributed by atoms with Crippen molar-refractivity contribution in [1.82, 2.24) is 0 Å². The number of primary amides is 1. The Bertz CT molecular complexity index is 387. The molecular weight excluding hydrogens is 282 g/mol. The van der Waals surface area contributed by atoms with Crippen LogP contribution in [0.2, 0.25) is 0 Å². The standard InChI is InChI=1S/C13H18BrNO2/c1-9(8-13(2,3)17-12(15)16)10-4-6-11(14)7-5-10/h4-7,9H,8H2,1-3H3,(H2,15,16)/t9-/m0/s1. The lowest BCUT2D eigenvalue weighted by molar-refractivity contribution is 0.0349. The van der Waals surface area contributed by atoms with Gasteiger partial charge in [-0.3, -0.25) is 0 Å². The van der Waals surface area contributed by atoms with Crippen LogP contribution in [0.25, 0.3) is 0 Å². The van der Waals surface area contributed by atoms with E-state index in [0.29, 0.717) is 5.92 Å². The number of carbonyl (C=O) groups is 1. The first-order valence-corrected chi connectivity index (χ1v) is 6.33. The summed E-state index contributed by atoms with van der Waals surface area (Å²) in [7, 11) is 0. The molecule has 1 aromatic rings. The minimum atomic E-state index is -0.724. The van der Waals surface area contributed by atoms with Crippen LogP contribution >= 0.6 is 15.9 Å². The fourth-order valence-corrected chi connectivity index (χ4v) is 2.22. The van der Waals surface area contributed by atoms with Crippen molar-refractivity contribution in [2.75, 3.05) is 0 Å². The molecule has 1 amide bonds. The van der Waals surface area contributed by atoms with Gasteiger partial charge in [-0.2, -0.15) is 0 Å². The van der Waals surface area contributed by atoms with E-state index in [4.69, 9.17) is 10.5 Å². The van der Waals surface area contributed by atoms with Gasteiger partial charge < -0.3 is 10.5 Å². The highest BCUT2D eigenvalue weighted by Gasteiger charge is 2.25. The predicted molar refractivity (Wildman–Crippen MR) is 71.9 cm³/mol. The van der Waals surface area contributed by atoms with Crippen LogP contribution in [0.3, 0.4) is 0 Å². The Morgan fingerprint density at radius 2 is 1.94 bits per heavy atom. The van der Waals surface area contributed by atoms with Crippen molar-refractivity contribution in [2.45, 2.75) is 38.7 Å². The predicted octanol–water partition coefficient (Wildman–Crippen LogP) is 3.82. The Kier molecular flexibility index (Phi) is 4.57. The van der Waals surface area contributed by atoms with Crippen LogP contribution < -0.4 is 5.73 Å². The third-order valence-electron chi connectivity index (χ3n) is 2.61. The third kappa shape index (κ3) is 4.77. The lowest BCUT2D eigenvalue weighted by atomic mass is 9.89. The molecule has 0 fully saturated rings. The molecule has 94 valence electrons. The maximum absolute atomic E-state index is 10.8. The van der Waals surface area contributed by atoms with Gasteiger partial charge in [0.2, 0.25) is 0 Å². The number of hydrogen-bond donors (Lipinski definition) is 1. The fourth-order valence-electron chi connectivity index (χ4n) is 1.96. The number of halogens is 1. The minimum Gasteiger partial charge on any atom is -0.444 e. The Morgan fingerprint density at radius 1 is 1.41 bits per heavy atom. The van der Waals surface area contributed by atoms with E-state index < -0.39 is 11.7 Å². The first kappa shape index (κ1) is 14.0. The topological polar surface area (TPSA) is 52.3 Å². The SMILES string of the molecule is C[C@@H](CC(C)(C)OC(N)=O)c1ccc(Br)cc1. The Hall–Kier alpha value is -1.03. The molecule has 0 aliphatic heterocycles. The van der Waals surface area contributed by atoms with E-state index >= 15 is 0 Å². The van der Waals surface area contributed by atoms with Gasteiger partial charge in [0.15, 0.2) is 0 Å². The summed E-state index contributed by atoms with van der Waals surface area (Å²) in [5, 5.41) is 0. The van der Waals surface area contributed by atoms with E-state index in [9.17, 15) is 4.79 Å². The van der Waals surface area contributed by atoms with Crippen LogP contribution in [0.1, 0.15) is 38.7 Å². The van der Waals surface area contributed by atoms with E-state index in [0.717, 1.165) is 10.9 Å². The summed E-state index contributed by atoms with van der Waals surface area (Å²) < 4.78 is 6.14. The first-order valence-electron chi connectivity index (χ1n) is 5.54. The van der Waals surface area contributed by atoms with Gasteiger partial charge in [-0.05, 0) is 43.9 Å². The number of amides is 1. The third-order valence-corrected chi connectivity index (χ3v) is 3.14. The summed E-state index contributed by atoms with van der Waals surface area (Å²) >= 11 is 3.40. The monoisotopic (exact) mass is 299 g/mol. The largest absolute Gasteiger partial charge is 0.444 e. The average molecular weight is 300 g/mol. The molecular formula is C13H18BrNO2. The van der Waals surface area contributed by atoms with Gasteiger partial charge in [0.25, 0.3) is 0 Å². The fraction of sp³-hybridized carbons (Fsp3) is 0.462. The number of carbonyl (C=O) groups excluding carboxylic acids is 1. The molecule has 0 bridgehead atoms. The number of benzene rings is 1. The van der Waals surface area contributed by atoms with Gasteiger partial charge in [-0.25, -0.2) is 4.79 Å². The molecule has 1 atom stereocenters. The molecule has 0 radical (unpaired) electrons. The van der Waals surface area contributed by atoms with Crippen LogP contribution in [0, 0.1) is 0 Å². The molecule has 0 heterocycles. The van der Waals surface area contributed by atoms with Crippen molar-refractivity contribution in [2.24, 2.45) is 5.73 Å². The molecule has 1 aromatic carbocycles. The van der Waals surface area contributed by atoms with Crippen molar-refractivity contribution >= 4 is 22.0 Å². The second kappa shape index (κ2) is 5.54. The molecule has 0 unspecified atom stereocenters. The number of ether oxygens (including phenoxy) is 1. The van der Waals surface area contributed by atoms with Crippen LogP contribution in [-0.2, 0) is 4.74 Å². The van der Waals surface area contributed by atoms with E-state index in [1.165, 1.54) is 5.56 Å². The molecule has 0 saturated heterocycles. The summed E-state index contributed by atoms with van der Waals surface area (Å²) in [5.41, 5.74) is 5.72. The van der Waals surface area contributed by atoms with Crippen LogP contribution in [0.15, 0.2) is 28.7 Å². The Morgan fingerprint density at radius 3 is 2.41 bits per heavy atom. The number of rotatable bonds is 4.